The molecule has 1 aromatic heterocycles. The van der Waals surface area contributed by atoms with Crippen LogP contribution in [0.2, 0.25) is 0 Å². The third-order valence-corrected chi connectivity index (χ3v) is 3.94. The average Bonchev–Trinajstić information content (AvgIpc) is 2.51. The fourth-order valence-corrected chi connectivity index (χ4v) is 2.42. The summed E-state index contributed by atoms with van der Waals surface area (Å²) in [6, 6.07) is 9.74. The van der Waals surface area contributed by atoms with E-state index in [-0.39, 0.29) is 11.2 Å². The second-order valence-electron chi connectivity index (χ2n) is 5.06. The van der Waals surface area contributed by atoms with Gasteiger partial charge >= 0.3 is 5.69 Å². The van der Waals surface area contributed by atoms with Crippen molar-refractivity contribution in [3.05, 3.63) is 68.0 Å². The van der Waals surface area contributed by atoms with Gasteiger partial charge in [-0.15, -0.1) is 11.6 Å². The summed E-state index contributed by atoms with van der Waals surface area (Å²) < 4.78 is 2.94. The third kappa shape index (κ3) is 3.27. The molecular weight excluding hydrogens is 288 g/mol. The summed E-state index contributed by atoms with van der Waals surface area (Å²) in [5.74, 6) is 0.428. The lowest BCUT2D eigenvalue weighted by atomic mass is 10.2. The lowest BCUT2D eigenvalue weighted by molar-refractivity contribution is 0.552. The molecule has 21 heavy (non-hydrogen) atoms. The Morgan fingerprint density at radius 1 is 1.05 bits per heavy atom. The number of nitrogens with zero attached hydrogens (tertiary/aromatic N) is 2. The molecule has 0 saturated carbocycles. The van der Waals surface area contributed by atoms with Gasteiger partial charge in [-0.3, -0.25) is 13.9 Å². The summed E-state index contributed by atoms with van der Waals surface area (Å²) in [4.78, 5) is 24.8. The SMILES string of the molecule is Cc1c(C)n(Cc2ccccc2)c(=O)n(CCCCl)c1=O. The first-order valence-electron chi connectivity index (χ1n) is 6.97. The molecule has 5 heteroatoms. The van der Waals surface area contributed by atoms with Gasteiger partial charge in [0, 0.05) is 23.7 Å². The van der Waals surface area contributed by atoms with E-state index in [0.29, 0.717) is 31.0 Å². The molecule has 0 fully saturated rings. The summed E-state index contributed by atoms with van der Waals surface area (Å²) in [7, 11) is 0. The zero-order valence-electron chi connectivity index (χ0n) is 12.3. The average molecular weight is 307 g/mol. The highest BCUT2D eigenvalue weighted by Gasteiger charge is 2.13. The molecule has 0 atom stereocenters. The van der Waals surface area contributed by atoms with Gasteiger partial charge in [-0.2, -0.15) is 0 Å². The van der Waals surface area contributed by atoms with Crippen molar-refractivity contribution in [2.75, 3.05) is 5.88 Å². The molecular formula is C16H19ClN2O2. The zero-order valence-corrected chi connectivity index (χ0v) is 13.1. The van der Waals surface area contributed by atoms with E-state index in [0.717, 1.165) is 11.3 Å². The van der Waals surface area contributed by atoms with Gasteiger partial charge in [-0.05, 0) is 25.8 Å². The van der Waals surface area contributed by atoms with E-state index in [2.05, 4.69) is 0 Å². The van der Waals surface area contributed by atoms with Crippen LogP contribution >= 0.6 is 11.6 Å². The van der Waals surface area contributed by atoms with Gasteiger partial charge in [-0.25, -0.2) is 4.79 Å². The quantitative estimate of drug-likeness (QED) is 0.796. The lowest BCUT2D eigenvalue weighted by Gasteiger charge is -2.15. The molecule has 1 aromatic carbocycles. The van der Waals surface area contributed by atoms with Gasteiger partial charge in [0.1, 0.15) is 0 Å². The number of benzene rings is 1. The van der Waals surface area contributed by atoms with E-state index in [1.807, 2.05) is 37.3 Å². The van der Waals surface area contributed by atoms with Crippen LogP contribution in [0.1, 0.15) is 23.2 Å². The van der Waals surface area contributed by atoms with Crippen LogP contribution in [0, 0.1) is 13.8 Å². The molecule has 0 aliphatic rings. The second kappa shape index (κ2) is 6.76. The van der Waals surface area contributed by atoms with Gasteiger partial charge in [0.2, 0.25) is 0 Å². The molecule has 112 valence electrons. The van der Waals surface area contributed by atoms with Gasteiger partial charge in [0.15, 0.2) is 0 Å². The Hall–Kier alpha value is -1.81. The summed E-state index contributed by atoms with van der Waals surface area (Å²) in [6.45, 7) is 4.40. The molecule has 0 bridgehead atoms. The van der Waals surface area contributed by atoms with Gasteiger partial charge in [-0.1, -0.05) is 30.3 Å². The minimum atomic E-state index is -0.267. The van der Waals surface area contributed by atoms with Crippen LogP contribution in [-0.4, -0.2) is 15.0 Å². The van der Waals surface area contributed by atoms with Crippen LogP contribution in [0.5, 0.6) is 0 Å². The molecule has 0 N–H and O–H groups in total. The van der Waals surface area contributed by atoms with Gasteiger partial charge in [0.25, 0.3) is 5.56 Å². The Morgan fingerprint density at radius 3 is 2.33 bits per heavy atom. The molecule has 0 saturated heterocycles. The van der Waals surface area contributed by atoms with E-state index in [4.69, 9.17) is 11.6 Å². The highest BCUT2D eigenvalue weighted by Crippen LogP contribution is 2.05. The maximum absolute atomic E-state index is 12.6. The van der Waals surface area contributed by atoms with Crippen LogP contribution in [0.3, 0.4) is 0 Å². The molecule has 0 aliphatic heterocycles. The monoisotopic (exact) mass is 306 g/mol. The Morgan fingerprint density at radius 2 is 1.71 bits per heavy atom. The van der Waals surface area contributed by atoms with Crippen LogP contribution in [0.25, 0.3) is 0 Å². The molecule has 0 unspecified atom stereocenters. The smallest absolute Gasteiger partial charge is 0.293 e. The van der Waals surface area contributed by atoms with E-state index in [9.17, 15) is 9.59 Å². The summed E-state index contributed by atoms with van der Waals surface area (Å²) in [5.41, 5.74) is 1.88. The fraction of sp³-hybridized carbons (Fsp3) is 0.375. The normalized spacial score (nSPS) is 10.8. The molecule has 0 aliphatic carbocycles. The molecule has 0 amide bonds. The Bertz CT molecular complexity index is 732. The molecule has 2 rings (SSSR count). The number of hydrogen-bond acceptors (Lipinski definition) is 2. The minimum Gasteiger partial charge on any atom is -0.293 e. The van der Waals surface area contributed by atoms with Gasteiger partial charge in [0.05, 0.1) is 6.54 Å². The minimum absolute atomic E-state index is 0.216. The molecule has 4 nitrogen and oxygen atoms in total. The highest BCUT2D eigenvalue weighted by atomic mass is 35.5. The lowest BCUT2D eigenvalue weighted by Crippen LogP contribution is -2.42. The summed E-state index contributed by atoms with van der Waals surface area (Å²) in [5, 5.41) is 0. The third-order valence-electron chi connectivity index (χ3n) is 3.67. The van der Waals surface area contributed by atoms with E-state index >= 15 is 0 Å². The maximum Gasteiger partial charge on any atom is 0.331 e. The van der Waals surface area contributed by atoms with Crippen molar-refractivity contribution in [3.63, 3.8) is 0 Å². The molecule has 0 radical (unpaired) electrons. The first-order valence-corrected chi connectivity index (χ1v) is 7.50. The molecule has 1 heterocycles. The predicted octanol–water partition coefficient (Wildman–Crippen LogP) is 2.30. The van der Waals surface area contributed by atoms with Crippen molar-refractivity contribution < 1.29 is 0 Å². The first kappa shape index (κ1) is 15.6. The zero-order chi connectivity index (χ0) is 15.4. The second-order valence-corrected chi connectivity index (χ2v) is 5.44. The highest BCUT2D eigenvalue weighted by molar-refractivity contribution is 6.17. The van der Waals surface area contributed by atoms with Crippen molar-refractivity contribution in [1.82, 2.24) is 9.13 Å². The van der Waals surface area contributed by atoms with Crippen molar-refractivity contribution in [2.45, 2.75) is 33.4 Å². The number of rotatable bonds is 5. The Balaban J connectivity index is 2.53. The Kier molecular flexibility index (Phi) is 5.02. The number of aromatic nitrogens is 2. The standard InChI is InChI=1S/C16H19ClN2O2/c1-12-13(2)19(11-14-7-4-3-5-8-14)16(21)18(15(12)20)10-6-9-17/h3-5,7-8H,6,9-11H2,1-2H3. The van der Waals surface area contributed by atoms with Crippen molar-refractivity contribution in [2.24, 2.45) is 0 Å². The summed E-state index contributed by atoms with van der Waals surface area (Å²) >= 11 is 5.67. The van der Waals surface area contributed by atoms with Crippen LogP contribution in [0.4, 0.5) is 0 Å². The van der Waals surface area contributed by atoms with Crippen molar-refractivity contribution in [3.8, 4) is 0 Å². The molecule has 2 aromatic rings. The van der Waals surface area contributed by atoms with Crippen LogP contribution in [0.15, 0.2) is 39.9 Å². The van der Waals surface area contributed by atoms with E-state index < -0.39 is 0 Å². The largest absolute Gasteiger partial charge is 0.331 e. The fourth-order valence-electron chi connectivity index (χ4n) is 2.30. The van der Waals surface area contributed by atoms with Crippen LogP contribution in [-0.2, 0) is 13.1 Å². The number of hydrogen-bond donors (Lipinski definition) is 0. The van der Waals surface area contributed by atoms with Crippen molar-refractivity contribution >= 4 is 11.6 Å². The van der Waals surface area contributed by atoms with Crippen molar-refractivity contribution in [1.29, 1.82) is 0 Å². The molecule has 0 spiro atoms. The van der Waals surface area contributed by atoms with Crippen LogP contribution < -0.4 is 11.2 Å². The Labute approximate surface area is 128 Å². The van der Waals surface area contributed by atoms with Gasteiger partial charge < -0.3 is 0 Å². The topological polar surface area (TPSA) is 44.0 Å². The first-order chi connectivity index (χ1) is 10.1. The van der Waals surface area contributed by atoms with E-state index in [1.165, 1.54) is 4.57 Å². The summed E-state index contributed by atoms with van der Waals surface area (Å²) in [6.07, 6.45) is 0.602. The number of halogens is 1. The predicted molar refractivity (Wildman–Crippen MR) is 85.3 cm³/mol. The maximum atomic E-state index is 12.6. The number of alkyl halides is 1. The van der Waals surface area contributed by atoms with E-state index in [1.54, 1.807) is 11.5 Å².